The van der Waals surface area contributed by atoms with Gasteiger partial charge in [0.05, 0.1) is 19.4 Å². The average Bonchev–Trinajstić information content (AvgIpc) is 3.12. The molecule has 6 nitrogen and oxygen atoms in total. The summed E-state index contributed by atoms with van der Waals surface area (Å²) in [5, 5.41) is 5.19. The van der Waals surface area contributed by atoms with Crippen LogP contribution in [0.15, 0.2) is 52.3 Å². The van der Waals surface area contributed by atoms with E-state index in [0.717, 1.165) is 61.1 Å². The van der Waals surface area contributed by atoms with Crippen LogP contribution in [0.5, 0.6) is 0 Å². The topological polar surface area (TPSA) is 62.6 Å². The molecule has 2 aromatic rings. The largest absolute Gasteiger partial charge is 0.378 e. The van der Waals surface area contributed by atoms with Crippen LogP contribution in [-0.4, -0.2) is 47.4 Å². The number of hydrogen-bond donors (Lipinski definition) is 1. The number of halogens is 2. The van der Waals surface area contributed by atoms with E-state index in [-0.39, 0.29) is 12.4 Å². The third kappa shape index (κ3) is 6.06. The molecule has 0 atom stereocenters. The molecule has 1 aromatic carbocycles. The van der Waals surface area contributed by atoms with Gasteiger partial charge in [-0.25, -0.2) is 15.4 Å². The Morgan fingerprint density at radius 3 is 2.42 bits per heavy atom. The van der Waals surface area contributed by atoms with Crippen LogP contribution in [0.3, 0.4) is 0 Å². The van der Waals surface area contributed by atoms with E-state index in [2.05, 4.69) is 43.6 Å². The summed E-state index contributed by atoms with van der Waals surface area (Å²) in [5.74, 6) is 0.521. The first kappa shape index (κ1) is 23.3. The van der Waals surface area contributed by atoms with Gasteiger partial charge in [-0.2, -0.15) is 5.10 Å². The smallest absolute Gasteiger partial charge is 0.243 e. The van der Waals surface area contributed by atoms with Crippen molar-refractivity contribution in [3.63, 3.8) is 0 Å². The molecule has 0 amide bonds. The first-order valence-corrected chi connectivity index (χ1v) is 10.6. The van der Waals surface area contributed by atoms with E-state index in [0.29, 0.717) is 5.95 Å². The van der Waals surface area contributed by atoms with E-state index in [1.807, 2.05) is 38.3 Å². The highest BCUT2D eigenvalue weighted by molar-refractivity contribution is 6.30. The molecule has 0 saturated carbocycles. The first-order valence-electron chi connectivity index (χ1n) is 10.2. The molecule has 2 aliphatic rings. The van der Waals surface area contributed by atoms with Crippen LogP contribution in [0.4, 0.5) is 5.95 Å². The summed E-state index contributed by atoms with van der Waals surface area (Å²) >= 11 is 6.04. The molecular weight excluding hydrogens is 433 g/mol. The van der Waals surface area contributed by atoms with Crippen molar-refractivity contribution in [3.05, 3.63) is 69.1 Å². The minimum absolute atomic E-state index is 0. The molecule has 1 fully saturated rings. The molecule has 0 spiro atoms. The van der Waals surface area contributed by atoms with E-state index in [1.54, 1.807) is 0 Å². The number of rotatable bonds is 5. The van der Waals surface area contributed by atoms with Gasteiger partial charge in [-0.1, -0.05) is 23.7 Å². The second kappa shape index (κ2) is 10.8. The Hall–Kier alpha value is -2.41. The standard InChI is InChI=1S/C23H26ClN5O.ClH/c1-16-13-17(2)27-23(26-16)28-25-15-20-6-5-19(14-18-3-7-21(24)8-4-18)22(20)29-9-11-30-12-10-29;/h3-4,7-8,13-15H,5-6,9-12H2,1-2H3,(H,26,27,28);1H/b19-14+,25-15+;. The van der Waals surface area contributed by atoms with Crippen molar-refractivity contribution in [2.45, 2.75) is 26.7 Å². The number of nitrogens with zero attached hydrogens (tertiary/aromatic N) is 4. The number of anilines is 1. The normalized spacial score (nSPS) is 18.0. The maximum absolute atomic E-state index is 6.04. The van der Waals surface area contributed by atoms with E-state index >= 15 is 0 Å². The van der Waals surface area contributed by atoms with Gasteiger partial charge in [0, 0.05) is 35.2 Å². The van der Waals surface area contributed by atoms with Gasteiger partial charge >= 0.3 is 0 Å². The van der Waals surface area contributed by atoms with Gasteiger partial charge in [0.25, 0.3) is 0 Å². The molecule has 8 heteroatoms. The Labute approximate surface area is 194 Å². The minimum atomic E-state index is 0. The number of allylic oxidation sites excluding steroid dienone is 2. The third-order valence-electron chi connectivity index (χ3n) is 5.18. The summed E-state index contributed by atoms with van der Waals surface area (Å²) in [4.78, 5) is 11.2. The summed E-state index contributed by atoms with van der Waals surface area (Å²) in [5.41, 5.74) is 9.78. The average molecular weight is 460 g/mol. The van der Waals surface area contributed by atoms with Crippen molar-refractivity contribution in [2.24, 2.45) is 5.10 Å². The molecular formula is C23H27Cl2N5O. The highest BCUT2D eigenvalue weighted by Gasteiger charge is 2.25. The molecule has 1 N–H and O–H groups in total. The molecule has 1 aliphatic carbocycles. The number of aromatic nitrogens is 2. The Balaban J connectivity index is 0.00000272. The van der Waals surface area contributed by atoms with E-state index in [4.69, 9.17) is 16.3 Å². The second-order valence-corrected chi connectivity index (χ2v) is 7.98. The summed E-state index contributed by atoms with van der Waals surface area (Å²) in [6.07, 6.45) is 6.10. The SMILES string of the molecule is Cc1cc(C)nc(N/N=C/C2=C(N3CCOCC3)C(=C/c3ccc(Cl)cc3)/CC2)n1.Cl. The summed E-state index contributed by atoms with van der Waals surface area (Å²) in [7, 11) is 0. The van der Waals surface area contributed by atoms with Crippen LogP contribution in [-0.2, 0) is 4.74 Å². The summed E-state index contributed by atoms with van der Waals surface area (Å²) in [6, 6.07) is 9.90. The summed E-state index contributed by atoms with van der Waals surface area (Å²) in [6.45, 7) is 7.17. The van der Waals surface area contributed by atoms with Crippen LogP contribution in [0, 0.1) is 13.8 Å². The van der Waals surface area contributed by atoms with Gasteiger partial charge in [-0.05, 0) is 67.7 Å². The van der Waals surface area contributed by atoms with Crippen LogP contribution in [0.2, 0.25) is 5.02 Å². The zero-order chi connectivity index (χ0) is 20.9. The lowest BCUT2D eigenvalue weighted by Gasteiger charge is -2.31. The van der Waals surface area contributed by atoms with Crippen molar-refractivity contribution < 1.29 is 4.74 Å². The molecule has 0 unspecified atom stereocenters. The highest BCUT2D eigenvalue weighted by atomic mass is 35.5. The molecule has 0 bridgehead atoms. The van der Waals surface area contributed by atoms with Crippen LogP contribution in [0.1, 0.15) is 29.8 Å². The number of ether oxygens (including phenoxy) is 1. The Kier molecular flexibility index (Phi) is 8.07. The van der Waals surface area contributed by atoms with Gasteiger partial charge in [-0.15, -0.1) is 12.4 Å². The second-order valence-electron chi connectivity index (χ2n) is 7.54. The maximum atomic E-state index is 6.04. The number of hydrazone groups is 1. The number of nitrogens with one attached hydrogen (secondary N) is 1. The molecule has 31 heavy (non-hydrogen) atoms. The van der Waals surface area contributed by atoms with E-state index < -0.39 is 0 Å². The predicted octanol–water partition coefficient (Wildman–Crippen LogP) is 5.03. The van der Waals surface area contributed by atoms with Crippen molar-refractivity contribution in [2.75, 3.05) is 31.7 Å². The van der Waals surface area contributed by atoms with Gasteiger partial charge in [-0.3, -0.25) is 0 Å². The Morgan fingerprint density at radius 2 is 1.74 bits per heavy atom. The fourth-order valence-electron chi connectivity index (χ4n) is 3.88. The minimum Gasteiger partial charge on any atom is -0.378 e. The van der Waals surface area contributed by atoms with Crippen molar-refractivity contribution in [3.8, 4) is 0 Å². The van der Waals surface area contributed by atoms with Gasteiger partial charge < -0.3 is 9.64 Å². The lowest BCUT2D eigenvalue weighted by molar-refractivity contribution is 0.0548. The number of morpholine rings is 1. The van der Waals surface area contributed by atoms with Crippen molar-refractivity contribution in [1.29, 1.82) is 0 Å². The quantitative estimate of drug-likeness (QED) is 0.501. The van der Waals surface area contributed by atoms with Crippen LogP contribution in [0.25, 0.3) is 6.08 Å². The zero-order valence-corrected chi connectivity index (χ0v) is 19.3. The fourth-order valence-corrected chi connectivity index (χ4v) is 4.00. The Morgan fingerprint density at radius 1 is 1.06 bits per heavy atom. The predicted molar refractivity (Wildman–Crippen MR) is 129 cm³/mol. The molecule has 0 radical (unpaired) electrons. The zero-order valence-electron chi connectivity index (χ0n) is 17.8. The number of benzene rings is 1. The number of aryl methyl sites for hydroxylation is 2. The maximum Gasteiger partial charge on any atom is 0.243 e. The lowest BCUT2D eigenvalue weighted by atomic mass is 10.1. The first-order chi connectivity index (χ1) is 14.6. The van der Waals surface area contributed by atoms with E-state index in [1.165, 1.54) is 16.8 Å². The van der Waals surface area contributed by atoms with Gasteiger partial charge in [0.1, 0.15) is 0 Å². The molecule has 1 aromatic heterocycles. The third-order valence-corrected chi connectivity index (χ3v) is 5.43. The van der Waals surface area contributed by atoms with Crippen LogP contribution >= 0.6 is 24.0 Å². The molecule has 1 saturated heterocycles. The lowest BCUT2D eigenvalue weighted by Crippen LogP contribution is -2.36. The molecule has 164 valence electrons. The Bertz CT molecular complexity index is 975. The van der Waals surface area contributed by atoms with Crippen LogP contribution < -0.4 is 5.43 Å². The van der Waals surface area contributed by atoms with Crippen molar-refractivity contribution >= 4 is 42.2 Å². The van der Waals surface area contributed by atoms with E-state index in [9.17, 15) is 0 Å². The molecule has 1 aliphatic heterocycles. The summed E-state index contributed by atoms with van der Waals surface area (Å²) < 4.78 is 5.56. The monoisotopic (exact) mass is 459 g/mol. The van der Waals surface area contributed by atoms with Gasteiger partial charge in [0.15, 0.2) is 0 Å². The van der Waals surface area contributed by atoms with Crippen molar-refractivity contribution in [1.82, 2.24) is 14.9 Å². The van der Waals surface area contributed by atoms with Gasteiger partial charge in [0.2, 0.25) is 5.95 Å². The molecule has 4 rings (SSSR count). The number of hydrogen-bond acceptors (Lipinski definition) is 6. The fraction of sp³-hybridized carbons (Fsp3) is 0.348. The molecule has 2 heterocycles. The highest BCUT2D eigenvalue weighted by Crippen LogP contribution is 2.35.